The number of carbonyl (C=O) groups is 1. The first-order valence-electron chi connectivity index (χ1n) is 6.77. The van der Waals surface area contributed by atoms with Crippen LogP contribution in [0.15, 0.2) is 18.3 Å². The van der Waals surface area contributed by atoms with Crippen molar-refractivity contribution in [3.63, 3.8) is 0 Å². The lowest BCUT2D eigenvalue weighted by molar-refractivity contribution is 0.0942. The summed E-state index contributed by atoms with van der Waals surface area (Å²) in [4.78, 5) is 16.0. The maximum Gasteiger partial charge on any atom is 0.269 e. The van der Waals surface area contributed by atoms with Crippen molar-refractivity contribution >= 4 is 11.6 Å². The van der Waals surface area contributed by atoms with Crippen LogP contribution in [-0.4, -0.2) is 24.0 Å². The van der Waals surface area contributed by atoms with E-state index in [1.54, 1.807) is 12.3 Å². The largest absolute Gasteiger partial charge is 0.384 e. The number of aromatic nitrogens is 1. The van der Waals surface area contributed by atoms with Gasteiger partial charge in [-0.05, 0) is 37.8 Å². The Bertz CT molecular complexity index is 383. The molecule has 4 nitrogen and oxygen atoms in total. The first-order valence-corrected chi connectivity index (χ1v) is 6.77. The summed E-state index contributed by atoms with van der Waals surface area (Å²) in [5, 5.41) is 6.13. The predicted molar refractivity (Wildman–Crippen MR) is 72.7 cm³/mol. The van der Waals surface area contributed by atoms with Gasteiger partial charge in [0, 0.05) is 13.1 Å². The van der Waals surface area contributed by atoms with Crippen molar-refractivity contribution in [2.24, 2.45) is 5.92 Å². The highest BCUT2D eigenvalue weighted by Crippen LogP contribution is 2.23. The van der Waals surface area contributed by atoms with Gasteiger partial charge in [-0.3, -0.25) is 4.79 Å². The molecule has 0 bridgehead atoms. The highest BCUT2D eigenvalue weighted by atomic mass is 16.1. The third-order valence-electron chi connectivity index (χ3n) is 3.40. The van der Waals surface area contributed by atoms with Crippen LogP contribution in [0.2, 0.25) is 0 Å². The minimum absolute atomic E-state index is 0.0649. The lowest BCUT2D eigenvalue weighted by Gasteiger charge is -2.10. The van der Waals surface area contributed by atoms with Crippen LogP contribution in [0.4, 0.5) is 5.69 Å². The molecule has 1 aromatic heterocycles. The Morgan fingerprint density at radius 1 is 1.39 bits per heavy atom. The number of anilines is 1. The van der Waals surface area contributed by atoms with E-state index in [1.807, 2.05) is 13.0 Å². The molecule has 1 amide bonds. The molecule has 2 rings (SSSR count). The van der Waals surface area contributed by atoms with E-state index in [4.69, 9.17) is 0 Å². The molecule has 18 heavy (non-hydrogen) atoms. The second-order valence-corrected chi connectivity index (χ2v) is 4.82. The number of carbonyl (C=O) groups excluding carboxylic acids is 1. The van der Waals surface area contributed by atoms with E-state index < -0.39 is 0 Å². The minimum atomic E-state index is -0.0649. The summed E-state index contributed by atoms with van der Waals surface area (Å²) in [6.07, 6.45) is 6.79. The molecule has 2 N–H and O–H groups in total. The molecule has 0 atom stereocenters. The predicted octanol–water partition coefficient (Wildman–Crippen LogP) is 2.43. The summed E-state index contributed by atoms with van der Waals surface area (Å²) in [7, 11) is 0. The topological polar surface area (TPSA) is 54.0 Å². The van der Waals surface area contributed by atoms with Gasteiger partial charge in [-0.2, -0.15) is 0 Å². The maximum atomic E-state index is 11.9. The first-order chi connectivity index (χ1) is 8.79. The normalized spacial score (nSPS) is 15.6. The Balaban J connectivity index is 1.83. The Kier molecular flexibility index (Phi) is 4.56. The van der Waals surface area contributed by atoms with Crippen molar-refractivity contribution in [2.45, 2.75) is 32.6 Å². The summed E-state index contributed by atoms with van der Waals surface area (Å²) in [5.41, 5.74) is 1.44. The van der Waals surface area contributed by atoms with Gasteiger partial charge in [0.25, 0.3) is 5.91 Å². The van der Waals surface area contributed by atoms with E-state index in [0.29, 0.717) is 11.6 Å². The molecule has 0 radical (unpaired) electrons. The van der Waals surface area contributed by atoms with E-state index in [0.717, 1.165) is 18.8 Å². The van der Waals surface area contributed by atoms with Crippen LogP contribution in [0.1, 0.15) is 43.1 Å². The Labute approximate surface area is 108 Å². The van der Waals surface area contributed by atoms with Gasteiger partial charge in [-0.1, -0.05) is 12.8 Å². The lowest BCUT2D eigenvalue weighted by atomic mass is 10.1. The van der Waals surface area contributed by atoms with E-state index >= 15 is 0 Å². The second-order valence-electron chi connectivity index (χ2n) is 4.82. The van der Waals surface area contributed by atoms with E-state index in [1.165, 1.54) is 25.7 Å². The second kappa shape index (κ2) is 6.38. The van der Waals surface area contributed by atoms with Crippen LogP contribution in [0.3, 0.4) is 0 Å². The quantitative estimate of drug-likeness (QED) is 0.840. The zero-order valence-corrected chi connectivity index (χ0v) is 10.9. The fourth-order valence-electron chi connectivity index (χ4n) is 2.38. The highest BCUT2D eigenvalue weighted by Gasteiger charge is 2.16. The Hall–Kier alpha value is -1.58. The van der Waals surface area contributed by atoms with Crippen LogP contribution in [0.25, 0.3) is 0 Å². The van der Waals surface area contributed by atoms with Crippen LogP contribution in [0, 0.1) is 5.92 Å². The smallest absolute Gasteiger partial charge is 0.269 e. The van der Waals surface area contributed by atoms with Crippen molar-refractivity contribution in [1.82, 2.24) is 10.3 Å². The zero-order chi connectivity index (χ0) is 12.8. The molecule has 0 unspecified atom stereocenters. The molecule has 1 heterocycles. The lowest BCUT2D eigenvalue weighted by Crippen LogP contribution is -2.28. The van der Waals surface area contributed by atoms with E-state index in [9.17, 15) is 4.79 Å². The summed E-state index contributed by atoms with van der Waals surface area (Å²) in [6, 6.07) is 3.66. The molecule has 1 aliphatic carbocycles. The van der Waals surface area contributed by atoms with Gasteiger partial charge in [-0.25, -0.2) is 4.98 Å². The molecular formula is C14H21N3O. The third-order valence-corrected chi connectivity index (χ3v) is 3.40. The molecule has 0 aliphatic heterocycles. The average Bonchev–Trinajstić information content (AvgIpc) is 2.90. The number of hydrogen-bond acceptors (Lipinski definition) is 3. The zero-order valence-electron chi connectivity index (χ0n) is 10.9. The van der Waals surface area contributed by atoms with Gasteiger partial charge < -0.3 is 10.6 Å². The molecule has 0 saturated heterocycles. The summed E-state index contributed by atoms with van der Waals surface area (Å²) in [6.45, 7) is 3.67. The molecule has 1 aromatic rings. The van der Waals surface area contributed by atoms with E-state index in [2.05, 4.69) is 15.6 Å². The Morgan fingerprint density at radius 2 is 2.17 bits per heavy atom. The monoisotopic (exact) mass is 247 g/mol. The molecular weight excluding hydrogens is 226 g/mol. The van der Waals surface area contributed by atoms with Crippen LogP contribution in [-0.2, 0) is 0 Å². The van der Waals surface area contributed by atoms with Gasteiger partial charge in [0.1, 0.15) is 5.69 Å². The number of nitrogens with one attached hydrogen (secondary N) is 2. The van der Waals surface area contributed by atoms with Gasteiger partial charge in [0.05, 0.1) is 11.9 Å². The Morgan fingerprint density at radius 3 is 2.78 bits per heavy atom. The van der Waals surface area contributed by atoms with Gasteiger partial charge in [0.2, 0.25) is 0 Å². The summed E-state index contributed by atoms with van der Waals surface area (Å²) < 4.78 is 0. The molecule has 98 valence electrons. The molecule has 4 heteroatoms. The van der Waals surface area contributed by atoms with Crippen LogP contribution >= 0.6 is 0 Å². The van der Waals surface area contributed by atoms with Crippen molar-refractivity contribution in [3.05, 3.63) is 24.0 Å². The standard InChI is InChI=1S/C14H21N3O/c1-2-15-12-7-8-13(16-10-12)14(18)17-9-11-5-3-4-6-11/h7-8,10-11,15H,2-6,9H2,1H3,(H,17,18). The van der Waals surface area contributed by atoms with E-state index in [-0.39, 0.29) is 5.91 Å². The number of rotatable bonds is 5. The summed E-state index contributed by atoms with van der Waals surface area (Å²) >= 11 is 0. The summed E-state index contributed by atoms with van der Waals surface area (Å²) in [5.74, 6) is 0.597. The molecule has 0 aromatic carbocycles. The minimum Gasteiger partial charge on any atom is -0.384 e. The van der Waals surface area contributed by atoms with Crippen molar-refractivity contribution < 1.29 is 4.79 Å². The number of pyridine rings is 1. The van der Waals surface area contributed by atoms with Gasteiger partial charge in [0.15, 0.2) is 0 Å². The first kappa shape index (κ1) is 12.9. The fraction of sp³-hybridized carbons (Fsp3) is 0.571. The maximum absolute atomic E-state index is 11.9. The van der Waals surface area contributed by atoms with Crippen LogP contribution < -0.4 is 10.6 Å². The van der Waals surface area contributed by atoms with Crippen LogP contribution in [0.5, 0.6) is 0 Å². The molecule has 1 fully saturated rings. The van der Waals surface area contributed by atoms with Gasteiger partial charge >= 0.3 is 0 Å². The van der Waals surface area contributed by atoms with Crippen molar-refractivity contribution in [3.8, 4) is 0 Å². The number of hydrogen-bond donors (Lipinski definition) is 2. The van der Waals surface area contributed by atoms with Crippen molar-refractivity contribution in [2.75, 3.05) is 18.4 Å². The fourth-order valence-corrected chi connectivity index (χ4v) is 2.38. The van der Waals surface area contributed by atoms with Gasteiger partial charge in [-0.15, -0.1) is 0 Å². The highest BCUT2D eigenvalue weighted by molar-refractivity contribution is 5.92. The molecule has 0 spiro atoms. The molecule has 1 aliphatic rings. The van der Waals surface area contributed by atoms with Crippen molar-refractivity contribution in [1.29, 1.82) is 0 Å². The average molecular weight is 247 g/mol. The SMILES string of the molecule is CCNc1ccc(C(=O)NCC2CCCC2)nc1. The number of amides is 1. The molecule has 1 saturated carbocycles. The third kappa shape index (κ3) is 3.45. The number of nitrogens with zero attached hydrogens (tertiary/aromatic N) is 1.